The van der Waals surface area contributed by atoms with Gasteiger partial charge in [0, 0.05) is 6.54 Å². The minimum atomic E-state index is -0.546. The van der Waals surface area contributed by atoms with Crippen molar-refractivity contribution in [1.82, 2.24) is 5.32 Å². The second kappa shape index (κ2) is 8.83. The topological polar surface area (TPSA) is 64.6 Å². The molecule has 5 nitrogen and oxygen atoms in total. The number of amides is 1. The van der Waals surface area contributed by atoms with Crippen LogP contribution in [0, 0.1) is 0 Å². The smallest absolute Gasteiger partial charge is 0.431 e. The van der Waals surface area contributed by atoms with Gasteiger partial charge >= 0.3 is 6.16 Å². The third kappa shape index (κ3) is 8.65. The van der Waals surface area contributed by atoms with Gasteiger partial charge in [0.15, 0.2) is 0 Å². The van der Waals surface area contributed by atoms with Crippen LogP contribution in [0.2, 0.25) is 0 Å². The Labute approximate surface area is 77.4 Å². The molecule has 0 saturated carbocycles. The fourth-order valence-corrected chi connectivity index (χ4v) is 0.629. The highest BCUT2D eigenvalue weighted by molar-refractivity contribution is 5.61. The van der Waals surface area contributed by atoms with E-state index < -0.39 is 6.16 Å². The molecule has 0 aromatic carbocycles. The number of unbranched alkanes of at least 4 members (excludes halogenated alkanes) is 1. The lowest BCUT2D eigenvalue weighted by molar-refractivity contribution is -0.109. The Morgan fingerprint density at radius 1 is 1.46 bits per heavy atom. The van der Waals surface area contributed by atoms with Gasteiger partial charge in [-0.25, -0.2) is 4.79 Å². The number of carbonyl (C=O) groups excluding carboxylic acids is 2. The molecule has 1 aliphatic rings. The first-order valence-electron chi connectivity index (χ1n) is 4.27. The lowest BCUT2D eigenvalue weighted by atomic mass is 10.3. The molecule has 0 bridgehead atoms. The quantitative estimate of drug-likeness (QED) is 0.401. The van der Waals surface area contributed by atoms with Crippen molar-refractivity contribution < 1.29 is 19.1 Å². The Morgan fingerprint density at radius 2 is 2.08 bits per heavy atom. The predicted molar refractivity (Wildman–Crippen MR) is 46.3 cm³/mol. The summed E-state index contributed by atoms with van der Waals surface area (Å²) in [7, 11) is 0. The summed E-state index contributed by atoms with van der Waals surface area (Å²) in [5.74, 6) is 0. The number of ether oxygens (including phenoxy) is 2. The van der Waals surface area contributed by atoms with E-state index in [1.807, 2.05) is 0 Å². The number of hydrogen-bond donors (Lipinski definition) is 1. The second-order valence-electron chi connectivity index (χ2n) is 2.37. The molecule has 0 radical (unpaired) electrons. The Kier molecular flexibility index (Phi) is 7.98. The summed E-state index contributed by atoms with van der Waals surface area (Å²) in [6.45, 7) is 3.74. The summed E-state index contributed by atoms with van der Waals surface area (Å²) < 4.78 is 8.58. The van der Waals surface area contributed by atoms with Gasteiger partial charge in [-0.1, -0.05) is 13.3 Å². The summed E-state index contributed by atoms with van der Waals surface area (Å²) in [5.41, 5.74) is 0. The Hall–Kier alpha value is -1.26. The van der Waals surface area contributed by atoms with Gasteiger partial charge in [-0.2, -0.15) is 0 Å². The first-order valence-corrected chi connectivity index (χ1v) is 4.27. The molecule has 1 N–H and O–H groups in total. The van der Waals surface area contributed by atoms with Gasteiger partial charge in [-0.15, -0.1) is 0 Å². The van der Waals surface area contributed by atoms with Crippen LogP contribution in [0.25, 0.3) is 0 Å². The molecule has 0 aromatic heterocycles. The normalized spacial score (nSPS) is 13.5. The summed E-state index contributed by atoms with van der Waals surface area (Å²) in [6, 6.07) is 0. The maximum absolute atomic E-state index is 9.80. The average molecular weight is 189 g/mol. The zero-order valence-corrected chi connectivity index (χ0v) is 7.75. The number of nitrogens with one attached hydrogen (secondary N) is 1. The van der Waals surface area contributed by atoms with Crippen LogP contribution in [0.5, 0.6) is 0 Å². The lowest BCUT2D eigenvalue weighted by Crippen LogP contribution is -2.11. The molecule has 0 aliphatic carbocycles. The Morgan fingerprint density at radius 3 is 2.38 bits per heavy atom. The average Bonchev–Trinajstić information content (AvgIpc) is 2.58. The summed E-state index contributed by atoms with van der Waals surface area (Å²) in [6.07, 6.45) is 2.41. The fourth-order valence-electron chi connectivity index (χ4n) is 0.629. The van der Waals surface area contributed by atoms with E-state index in [1.165, 1.54) is 0 Å². The van der Waals surface area contributed by atoms with E-state index in [1.54, 1.807) is 0 Å². The van der Waals surface area contributed by atoms with Gasteiger partial charge in [-0.3, -0.25) is 4.79 Å². The van der Waals surface area contributed by atoms with Gasteiger partial charge in [0.25, 0.3) is 0 Å². The molecule has 1 fully saturated rings. The highest BCUT2D eigenvalue weighted by Gasteiger charge is 2.09. The van der Waals surface area contributed by atoms with Crippen LogP contribution in [0.3, 0.4) is 0 Å². The van der Waals surface area contributed by atoms with Gasteiger partial charge in [0.1, 0.15) is 13.2 Å². The van der Waals surface area contributed by atoms with Crippen molar-refractivity contribution in [2.45, 2.75) is 19.8 Å². The SMILES string of the molecule is CCCCNC=O.O=C1OCCO1. The number of hydrogen-bond acceptors (Lipinski definition) is 4. The number of carbonyl (C=O) groups is 2. The van der Waals surface area contributed by atoms with Crippen LogP contribution in [0.1, 0.15) is 19.8 Å². The largest absolute Gasteiger partial charge is 0.508 e. The minimum Gasteiger partial charge on any atom is -0.431 e. The molecule has 1 amide bonds. The zero-order chi connectivity index (χ0) is 9.94. The van der Waals surface area contributed by atoms with E-state index in [-0.39, 0.29) is 0 Å². The van der Waals surface area contributed by atoms with Crippen LogP contribution in [0.4, 0.5) is 4.79 Å². The highest BCUT2D eigenvalue weighted by atomic mass is 16.8. The summed E-state index contributed by atoms with van der Waals surface area (Å²) in [4.78, 5) is 19.4. The van der Waals surface area contributed by atoms with Crippen LogP contribution in [-0.4, -0.2) is 32.3 Å². The van der Waals surface area contributed by atoms with Gasteiger partial charge < -0.3 is 14.8 Å². The van der Waals surface area contributed by atoms with Crippen LogP contribution >= 0.6 is 0 Å². The van der Waals surface area contributed by atoms with Crippen LogP contribution < -0.4 is 5.32 Å². The first kappa shape index (κ1) is 11.7. The van der Waals surface area contributed by atoms with E-state index in [2.05, 4.69) is 21.7 Å². The third-order valence-corrected chi connectivity index (χ3v) is 1.28. The van der Waals surface area contributed by atoms with Crippen LogP contribution in [-0.2, 0) is 14.3 Å². The molecule has 1 heterocycles. The summed E-state index contributed by atoms with van der Waals surface area (Å²) in [5, 5.41) is 2.57. The van der Waals surface area contributed by atoms with Crippen molar-refractivity contribution >= 4 is 12.6 Å². The van der Waals surface area contributed by atoms with Crippen molar-refractivity contribution in [1.29, 1.82) is 0 Å². The molecule has 1 saturated heterocycles. The number of cyclic esters (lactones) is 2. The maximum atomic E-state index is 9.80. The molecule has 5 heteroatoms. The molecular weight excluding hydrogens is 174 g/mol. The van der Waals surface area contributed by atoms with E-state index >= 15 is 0 Å². The molecule has 0 unspecified atom stereocenters. The van der Waals surface area contributed by atoms with Crippen LogP contribution in [0.15, 0.2) is 0 Å². The van der Waals surface area contributed by atoms with Gasteiger partial charge in [0.05, 0.1) is 0 Å². The number of rotatable bonds is 4. The standard InChI is InChI=1S/C5H11NO.C3H4O3/c1-2-3-4-6-5-7;4-3-5-1-2-6-3/h5H,2-4H2,1H3,(H,6,7);1-2H2. The van der Waals surface area contributed by atoms with Gasteiger partial charge in [-0.05, 0) is 6.42 Å². The van der Waals surface area contributed by atoms with Crippen molar-refractivity contribution in [3.8, 4) is 0 Å². The zero-order valence-electron chi connectivity index (χ0n) is 7.75. The molecule has 0 aromatic rings. The second-order valence-corrected chi connectivity index (χ2v) is 2.37. The highest BCUT2D eigenvalue weighted by Crippen LogP contribution is 1.92. The lowest BCUT2D eigenvalue weighted by Gasteiger charge is -1.90. The predicted octanol–water partition coefficient (Wildman–Crippen LogP) is 0.686. The fraction of sp³-hybridized carbons (Fsp3) is 0.750. The van der Waals surface area contributed by atoms with E-state index in [4.69, 9.17) is 0 Å². The summed E-state index contributed by atoms with van der Waals surface area (Å²) >= 11 is 0. The Balaban J connectivity index is 0.000000223. The minimum absolute atomic E-state index is 0.416. The molecule has 0 atom stereocenters. The van der Waals surface area contributed by atoms with Crippen molar-refractivity contribution in [2.75, 3.05) is 19.8 Å². The monoisotopic (exact) mass is 189 g/mol. The molecule has 0 spiro atoms. The maximum Gasteiger partial charge on any atom is 0.508 e. The van der Waals surface area contributed by atoms with E-state index in [9.17, 15) is 9.59 Å². The van der Waals surface area contributed by atoms with E-state index in [0.29, 0.717) is 13.2 Å². The van der Waals surface area contributed by atoms with Crippen molar-refractivity contribution in [2.24, 2.45) is 0 Å². The molecular formula is C8H15NO4. The Bertz CT molecular complexity index is 141. The first-order chi connectivity index (χ1) is 6.31. The molecule has 13 heavy (non-hydrogen) atoms. The van der Waals surface area contributed by atoms with Crippen molar-refractivity contribution in [3.05, 3.63) is 0 Å². The molecule has 76 valence electrons. The van der Waals surface area contributed by atoms with E-state index in [0.717, 1.165) is 25.8 Å². The molecule has 1 aliphatic heterocycles. The molecule has 1 rings (SSSR count). The third-order valence-electron chi connectivity index (χ3n) is 1.28. The van der Waals surface area contributed by atoms with Crippen molar-refractivity contribution in [3.63, 3.8) is 0 Å². The van der Waals surface area contributed by atoms with Gasteiger partial charge in [0.2, 0.25) is 6.41 Å².